The highest BCUT2D eigenvalue weighted by Crippen LogP contribution is 2.08. The van der Waals surface area contributed by atoms with Gasteiger partial charge in [-0.3, -0.25) is 0 Å². The molecule has 1 rings (SSSR count). The molecule has 0 saturated heterocycles. The van der Waals surface area contributed by atoms with Crippen LogP contribution in [0.3, 0.4) is 0 Å². The van der Waals surface area contributed by atoms with Crippen LogP contribution in [-0.2, 0) is 11.2 Å². The molecule has 1 unspecified atom stereocenters. The molecule has 0 aromatic carbocycles. The molecular weight excluding hydrogens is 154 g/mol. The maximum absolute atomic E-state index is 5.55. The summed E-state index contributed by atoms with van der Waals surface area (Å²) in [6, 6.07) is 3.84. The average Bonchev–Trinajstić information content (AvgIpc) is 2.56. The molecule has 2 N–H and O–H groups in total. The Balaban J connectivity index is 2.37. The number of hydrogen-bond acceptors (Lipinski definition) is 3. The molecule has 0 aliphatic carbocycles. The zero-order valence-electron chi connectivity index (χ0n) is 7.32. The van der Waals surface area contributed by atoms with Crippen molar-refractivity contribution in [1.82, 2.24) is 0 Å². The van der Waals surface area contributed by atoms with Gasteiger partial charge in [-0.05, 0) is 18.7 Å². The van der Waals surface area contributed by atoms with E-state index in [-0.39, 0.29) is 0 Å². The molecule has 0 fully saturated rings. The lowest BCUT2D eigenvalue weighted by Gasteiger charge is -2.10. The van der Waals surface area contributed by atoms with E-state index in [4.69, 9.17) is 14.9 Å². The minimum Gasteiger partial charge on any atom is -0.469 e. The highest BCUT2D eigenvalue weighted by atomic mass is 16.5. The second-order valence-electron chi connectivity index (χ2n) is 2.84. The molecular formula is C9H15NO2. The lowest BCUT2D eigenvalue weighted by atomic mass is 10.1. The molecule has 3 heteroatoms. The van der Waals surface area contributed by atoms with E-state index in [1.165, 1.54) is 0 Å². The summed E-state index contributed by atoms with van der Waals surface area (Å²) in [6.07, 6.45) is 2.53. The molecule has 0 bridgehead atoms. The van der Waals surface area contributed by atoms with Crippen LogP contribution in [0.25, 0.3) is 0 Å². The van der Waals surface area contributed by atoms with Crippen molar-refractivity contribution < 1.29 is 9.15 Å². The van der Waals surface area contributed by atoms with Crippen molar-refractivity contribution in [2.45, 2.75) is 6.42 Å². The molecule has 1 atom stereocenters. The summed E-state index contributed by atoms with van der Waals surface area (Å²) in [6.45, 7) is 1.33. The van der Waals surface area contributed by atoms with Crippen molar-refractivity contribution in [2.75, 3.05) is 20.3 Å². The van der Waals surface area contributed by atoms with Crippen LogP contribution in [0.4, 0.5) is 0 Å². The molecule has 0 spiro atoms. The van der Waals surface area contributed by atoms with Gasteiger partial charge in [0, 0.05) is 19.4 Å². The zero-order chi connectivity index (χ0) is 8.81. The Labute approximate surface area is 72.5 Å². The van der Waals surface area contributed by atoms with Gasteiger partial charge in [0.25, 0.3) is 0 Å². The Hall–Kier alpha value is -0.800. The van der Waals surface area contributed by atoms with Crippen LogP contribution < -0.4 is 5.73 Å². The SMILES string of the molecule is COCC(CN)Cc1ccco1. The first-order valence-corrected chi connectivity index (χ1v) is 4.08. The van der Waals surface area contributed by atoms with Crippen LogP contribution >= 0.6 is 0 Å². The van der Waals surface area contributed by atoms with Crippen molar-refractivity contribution in [2.24, 2.45) is 11.7 Å². The van der Waals surface area contributed by atoms with E-state index in [1.54, 1.807) is 13.4 Å². The van der Waals surface area contributed by atoms with Gasteiger partial charge in [-0.1, -0.05) is 0 Å². The number of nitrogens with two attached hydrogens (primary N) is 1. The van der Waals surface area contributed by atoms with Crippen LogP contribution in [0.2, 0.25) is 0 Å². The van der Waals surface area contributed by atoms with Gasteiger partial charge >= 0.3 is 0 Å². The van der Waals surface area contributed by atoms with Crippen molar-refractivity contribution in [3.8, 4) is 0 Å². The molecule has 68 valence electrons. The van der Waals surface area contributed by atoms with E-state index in [1.807, 2.05) is 12.1 Å². The quantitative estimate of drug-likeness (QED) is 0.716. The summed E-state index contributed by atoms with van der Waals surface area (Å²) >= 11 is 0. The van der Waals surface area contributed by atoms with Crippen molar-refractivity contribution in [3.05, 3.63) is 24.2 Å². The number of ether oxygens (including phenoxy) is 1. The van der Waals surface area contributed by atoms with Gasteiger partial charge in [0.1, 0.15) is 5.76 Å². The molecule has 1 heterocycles. The second kappa shape index (κ2) is 4.95. The maximum atomic E-state index is 5.55. The first-order valence-electron chi connectivity index (χ1n) is 4.08. The van der Waals surface area contributed by atoms with Crippen molar-refractivity contribution in [1.29, 1.82) is 0 Å². The standard InChI is InChI=1S/C9H15NO2/c1-11-7-8(6-10)5-9-3-2-4-12-9/h2-4,8H,5-7,10H2,1H3. The Morgan fingerprint density at radius 1 is 1.67 bits per heavy atom. The number of rotatable bonds is 5. The van der Waals surface area contributed by atoms with E-state index >= 15 is 0 Å². The fraction of sp³-hybridized carbons (Fsp3) is 0.556. The largest absolute Gasteiger partial charge is 0.469 e. The predicted octanol–water partition coefficient (Wildman–Crippen LogP) is 1.04. The Bertz CT molecular complexity index is 196. The second-order valence-corrected chi connectivity index (χ2v) is 2.84. The van der Waals surface area contributed by atoms with Gasteiger partial charge in [-0.15, -0.1) is 0 Å². The summed E-state index contributed by atoms with van der Waals surface area (Å²) < 4.78 is 10.2. The molecule has 12 heavy (non-hydrogen) atoms. The third-order valence-corrected chi connectivity index (χ3v) is 1.81. The van der Waals surface area contributed by atoms with Gasteiger partial charge in [-0.2, -0.15) is 0 Å². The van der Waals surface area contributed by atoms with E-state index in [9.17, 15) is 0 Å². The zero-order valence-corrected chi connectivity index (χ0v) is 7.32. The minimum absolute atomic E-state index is 0.362. The van der Waals surface area contributed by atoms with Gasteiger partial charge in [0.15, 0.2) is 0 Å². The number of furan rings is 1. The lowest BCUT2D eigenvalue weighted by Crippen LogP contribution is -2.21. The van der Waals surface area contributed by atoms with E-state index in [0.29, 0.717) is 19.1 Å². The third-order valence-electron chi connectivity index (χ3n) is 1.81. The summed E-state index contributed by atoms with van der Waals surface area (Å²) in [5.74, 6) is 1.34. The van der Waals surface area contributed by atoms with Gasteiger partial charge in [-0.25, -0.2) is 0 Å². The smallest absolute Gasteiger partial charge is 0.104 e. The number of methoxy groups -OCH3 is 1. The average molecular weight is 169 g/mol. The molecule has 0 aliphatic rings. The van der Waals surface area contributed by atoms with E-state index in [2.05, 4.69) is 0 Å². The predicted molar refractivity (Wildman–Crippen MR) is 46.8 cm³/mol. The van der Waals surface area contributed by atoms with E-state index < -0.39 is 0 Å². The third kappa shape index (κ3) is 2.68. The van der Waals surface area contributed by atoms with E-state index in [0.717, 1.165) is 12.2 Å². The summed E-state index contributed by atoms with van der Waals surface area (Å²) in [5, 5.41) is 0. The minimum atomic E-state index is 0.362. The summed E-state index contributed by atoms with van der Waals surface area (Å²) in [5.41, 5.74) is 5.55. The Kier molecular flexibility index (Phi) is 3.84. The summed E-state index contributed by atoms with van der Waals surface area (Å²) in [7, 11) is 1.69. The lowest BCUT2D eigenvalue weighted by molar-refractivity contribution is 0.152. The molecule has 0 amide bonds. The normalized spacial score (nSPS) is 13.2. The molecule has 0 aliphatic heterocycles. The summed E-state index contributed by atoms with van der Waals surface area (Å²) in [4.78, 5) is 0. The van der Waals surface area contributed by atoms with Gasteiger partial charge < -0.3 is 14.9 Å². The fourth-order valence-electron chi connectivity index (χ4n) is 1.16. The van der Waals surface area contributed by atoms with Gasteiger partial charge in [0.2, 0.25) is 0 Å². The molecule has 1 aromatic rings. The topological polar surface area (TPSA) is 48.4 Å². The highest BCUT2D eigenvalue weighted by Gasteiger charge is 2.08. The van der Waals surface area contributed by atoms with Gasteiger partial charge in [0.05, 0.1) is 12.9 Å². The monoisotopic (exact) mass is 169 g/mol. The van der Waals surface area contributed by atoms with Crippen LogP contribution in [-0.4, -0.2) is 20.3 Å². The van der Waals surface area contributed by atoms with Crippen LogP contribution in [0, 0.1) is 5.92 Å². The van der Waals surface area contributed by atoms with Crippen LogP contribution in [0.5, 0.6) is 0 Å². The molecule has 1 aromatic heterocycles. The van der Waals surface area contributed by atoms with Crippen LogP contribution in [0.15, 0.2) is 22.8 Å². The molecule has 0 radical (unpaired) electrons. The maximum Gasteiger partial charge on any atom is 0.104 e. The first-order chi connectivity index (χ1) is 5.86. The fourth-order valence-corrected chi connectivity index (χ4v) is 1.16. The Morgan fingerprint density at radius 3 is 3.00 bits per heavy atom. The molecule has 3 nitrogen and oxygen atoms in total. The van der Waals surface area contributed by atoms with Crippen LogP contribution in [0.1, 0.15) is 5.76 Å². The van der Waals surface area contributed by atoms with Crippen molar-refractivity contribution in [3.63, 3.8) is 0 Å². The number of hydrogen-bond donors (Lipinski definition) is 1. The molecule has 0 saturated carbocycles. The van der Waals surface area contributed by atoms with Crippen molar-refractivity contribution >= 4 is 0 Å². The highest BCUT2D eigenvalue weighted by molar-refractivity contribution is 4.99. The Morgan fingerprint density at radius 2 is 2.50 bits per heavy atom. The first kappa shape index (κ1) is 9.29.